The van der Waals surface area contributed by atoms with Gasteiger partial charge in [-0.05, 0) is 43.4 Å². The van der Waals surface area contributed by atoms with Crippen molar-refractivity contribution in [3.05, 3.63) is 54.0 Å². The lowest BCUT2D eigenvalue weighted by atomic mass is 9.84. The van der Waals surface area contributed by atoms with Gasteiger partial charge in [0.1, 0.15) is 12.1 Å². The number of nitrogens with one attached hydrogen (secondary N) is 2. The third-order valence-electron chi connectivity index (χ3n) is 6.12. The largest absolute Gasteiger partial charge is 0.356 e. The molecular formula is C22H27N5O. The van der Waals surface area contributed by atoms with Gasteiger partial charge < -0.3 is 15.6 Å². The van der Waals surface area contributed by atoms with E-state index in [1.165, 1.54) is 6.21 Å². The maximum Gasteiger partial charge on any atom is 0.224 e. The molecular weight excluding hydrogens is 350 g/mol. The zero-order valence-electron chi connectivity index (χ0n) is 16.2. The van der Waals surface area contributed by atoms with Crippen LogP contribution in [0.5, 0.6) is 0 Å². The standard InChI is InChI=1S/C22H27N5O/c1-15-11-20(25-14-24-15)27-12-17-7-8-18(13-27)21(17)22(28)26-19(9-10-23)16-5-3-2-4-6-16/h2-6,10-11,14,17-19,21,23H,7-9,12-13H2,1H3,(H,26,28). The summed E-state index contributed by atoms with van der Waals surface area (Å²) >= 11 is 0. The second-order valence-corrected chi connectivity index (χ2v) is 7.96. The van der Waals surface area contributed by atoms with Crippen molar-refractivity contribution in [1.82, 2.24) is 15.3 Å². The van der Waals surface area contributed by atoms with E-state index in [9.17, 15) is 4.79 Å². The molecule has 2 fully saturated rings. The maximum absolute atomic E-state index is 13.2. The summed E-state index contributed by atoms with van der Waals surface area (Å²) in [6.07, 6.45) is 5.69. The van der Waals surface area contributed by atoms with E-state index in [0.29, 0.717) is 18.3 Å². The summed E-state index contributed by atoms with van der Waals surface area (Å²) in [6.45, 7) is 3.71. The van der Waals surface area contributed by atoms with Gasteiger partial charge in [0.25, 0.3) is 0 Å². The van der Waals surface area contributed by atoms with Crippen molar-refractivity contribution < 1.29 is 4.79 Å². The van der Waals surface area contributed by atoms with Crippen molar-refractivity contribution >= 4 is 17.9 Å². The Bertz CT molecular complexity index is 826. The van der Waals surface area contributed by atoms with Gasteiger partial charge in [0.05, 0.1) is 6.04 Å². The smallest absolute Gasteiger partial charge is 0.224 e. The van der Waals surface area contributed by atoms with E-state index in [4.69, 9.17) is 5.41 Å². The van der Waals surface area contributed by atoms with Crippen molar-refractivity contribution in [3.63, 3.8) is 0 Å². The maximum atomic E-state index is 13.2. The van der Waals surface area contributed by atoms with Gasteiger partial charge in [0.2, 0.25) is 5.91 Å². The Morgan fingerprint density at radius 3 is 2.61 bits per heavy atom. The van der Waals surface area contributed by atoms with Crippen LogP contribution in [-0.4, -0.2) is 35.2 Å². The summed E-state index contributed by atoms with van der Waals surface area (Å²) in [4.78, 5) is 24.1. The first-order valence-electron chi connectivity index (χ1n) is 10.0. The first-order chi connectivity index (χ1) is 13.7. The van der Waals surface area contributed by atoms with Gasteiger partial charge >= 0.3 is 0 Å². The van der Waals surface area contributed by atoms with Crippen LogP contribution in [0.2, 0.25) is 0 Å². The molecule has 2 heterocycles. The van der Waals surface area contributed by atoms with Crippen molar-refractivity contribution in [1.29, 1.82) is 5.41 Å². The Kier molecular flexibility index (Phi) is 5.37. The van der Waals surface area contributed by atoms with Crippen LogP contribution in [0, 0.1) is 30.1 Å². The highest BCUT2D eigenvalue weighted by molar-refractivity contribution is 5.81. The molecule has 1 aliphatic heterocycles. The summed E-state index contributed by atoms with van der Waals surface area (Å²) in [5.74, 6) is 1.86. The minimum atomic E-state index is -0.131. The Balaban J connectivity index is 1.46. The van der Waals surface area contributed by atoms with Gasteiger partial charge in [0, 0.05) is 37.2 Å². The Morgan fingerprint density at radius 1 is 1.25 bits per heavy atom. The lowest BCUT2D eigenvalue weighted by molar-refractivity contribution is -0.128. The SMILES string of the molecule is Cc1cc(N2CC3CCC(C2)C3C(=O)NC(CC=N)c2ccccc2)ncn1. The number of amides is 1. The molecule has 1 amide bonds. The number of aromatic nitrogens is 2. The van der Waals surface area contributed by atoms with Crippen LogP contribution in [0.4, 0.5) is 5.82 Å². The molecule has 1 saturated carbocycles. The minimum Gasteiger partial charge on any atom is -0.356 e. The van der Waals surface area contributed by atoms with E-state index in [2.05, 4.69) is 20.2 Å². The number of carbonyl (C=O) groups excluding carboxylic acids is 1. The summed E-state index contributed by atoms with van der Waals surface area (Å²) in [5.41, 5.74) is 2.02. The zero-order valence-corrected chi connectivity index (χ0v) is 16.2. The van der Waals surface area contributed by atoms with Gasteiger partial charge in [0.15, 0.2) is 0 Å². The van der Waals surface area contributed by atoms with Crippen LogP contribution in [0.15, 0.2) is 42.7 Å². The quantitative estimate of drug-likeness (QED) is 0.758. The first-order valence-corrected chi connectivity index (χ1v) is 10.0. The molecule has 1 aromatic carbocycles. The Hall–Kier alpha value is -2.76. The molecule has 2 bridgehead atoms. The summed E-state index contributed by atoms with van der Waals surface area (Å²) in [7, 11) is 0. The summed E-state index contributed by atoms with van der Waals surface area (Å²) in [6, 6.07) is 11.8. The van der Waals surface area contributed by atoms with Gasteiger partial charge in [-0.2, -0.15) is 0 Å². The summed E-state index contributed by atoms with van der Waals surface area (Å²) in [5, 5.41) is 10.7. The van der Waals surface area contributed by atoms with E-state index in [1.807, 2.05) is 43.3 Å². The number of aryl methyl sites for hydroxylation is 1. The van der Waals surface area contributed by atoms with Crippen LogP contribution >= 0.6 is 0 Å². The molecule has 3 atom stereocenters. The van der Waals surface area contributed by atoms with Crippen LogP contribution in [-0.2, 0) is 4.79 Å². The molecule has 28 heavy (non-hydrogen) atoms. The highest BCUT2D eigenvalue weighted by Crippen LogP contribution is 2.43. The fraction of sp³-hybridized carbons (Fsp3) is 0.455. The Labute approximate surface area is 165 Å². The number of hydrogen-bond acceptors (Lipinski definition) is 5. The molecule has 0 spiro atoms. The van der Waals surface area contributed by atoms with E-state index >= 15 is 0 Å². The molecule has 4 rings (SSSR count). The molecule has 0 radical (unpaired) electrons. The van der Waals surface area contributed by atoms with Gasteiger partial charge in [-0.1, -0.05) is 30.3 Å². The molecule has 6 nitrogen and oxygen atoms in total. The van der Waals surface area contributed by atoms with E-state index in [0.717, 1.165) is 43.0 Å². The Morgan fingerprint density at radius 2 is 1.96 bits per heavy atom. The molecule has 2 N–H and O–H groups in total. The third kappa shape index (κ3) is 3.77. The first kappa shape index (κ1) is 18.6. The number of nitrogens with zero attached hydrogens (tertiary/aromatic N) is 3. The number of benzene rings is 1. The van der Waals surface area contributed by atoms with Crippen molar-refractivity contribution in [3.8, 4) is 0 Å². The van der Waals surface area contributed by atoms with Gasteiger partial charge in [-0.3, -0.25) is 4.79 Å². The van der Waals surface area contributed by atoms with E-state index in [-0.39, 0.29) is 17.9 Å². The number of fused-ring (bicyclic) bond motifs is 2. The number of piperidine rings is 1. The number of hydrogen-bond donors (Lipinski definition) is 2. The highest BCUT2D eigenvalue weighted by atomic mass is 16.2. The monoisotopic (exact) mass is 377 g/mol. The normalized spacial score (nSPS) is 24.6. The molecule has 146 valence electrons. The highest BCUT2D eigenvalue weighted by Gasteiger charge is 2.46. The number of anilines is 1. The van der Waals surface area contributed by atoms with Crippen molar-refractivity contribution in [2.45, 2.75) is 32.2 Å². The molecule has 2 aliphatic rings. The van der Waals surface area contributed by atoms with Crippen LogP contribution in [0.3, 0.4) is 0 Å². The van der Waals surface area contributed by atoms with Crippen molar-refractivity contribution in [2.24, 2.45) is 17.8 Å². The van der Waals surface area contributed by atoms with E-state index < -0.39 is 0 Å². The number of carbonyl (C=O) groups is 1. The molecule has 6 heteroatoms. The molecule has 2 aromatic rings. The lowest BCUT2D eigenvalue weighted by Crippen LogP contribution is -2.48. The number of rotatable bonds is 6. The summed E-state index contributed by atoms with van der Waals surface area (Å²) < 4.78 is 0. The van der Waals surface area contributed by atoms with Crippen LogP contribution in [0.25, 0.3) is 0 Å². The lowest BCUT2D eigenvalue weighted by Gasteiger charge is -2.38. The molecule has 1 aliphatic carbocycles. The molecule has 3 unspecified atom stereocenters. The fourth-order valence-electron chi connectivity index (χ4n) is 4.80. The van der Waals surface area contributed by atoms with Gasteiger partial charge in [-0.25, -0.2) is 9.97 Å². The fourth-order valence-corrected chi connectivity index (χ4v) is 4.80. The minimum absolute atomic E-state index is 0.0520. The van der Waals surface area contributed by atoms with Gasteiger partial charge in [-0.15, -0.1) is 0 Å². The second kappa shape index (κ2) is 8.09. The molecule has 1 aromatic heterocycles. The molecule has 1 saturated heterocycles. The second-order valence-electron chi connectivity index (χ2n) is 7.96. The zero-order chi connectivity index (χ0) is 19.5. The van der Waals surface area contributed by atoms with E-state index in [1.54, 1.807) is 6.33 Å². The average Bonchev–Trinajstić information content (AvgIpc) is 2.98. The van der Waals surface area contributed by atoms with Crippen LogP contribution in [0.1, 0.15) is 36.6 Å². The predicted molar refractivity (Wildman–Crippen MR) is 109 cm³/mol. The van der Waals surface area contributed by atoms with Crippen molar-refractivity contribution in [2.75, 3.05) is 18.0 Å². The topological polar surface area (TPSA) is 82.0 Å². The van der Waals surface area contributed by atoms with Crippen LogP contribution < -0.4 is 10.2 Å². The average molecular weight is 377 g/mol. The third-order valence-corrected chi connectivity index (χ3v) is 6.12. The predicted octanol–water partition coefficient (Wildman–Crippen LogP) is 3.14.